The Labute approximate surface area is 144 Å². The third-order valence-corrected chi connectivity index (χ3v) is 4.28. The number of aromatic nitrogens is 6. The second kappa shape index (κ2) is 6.94. The summed E-state index contributed by atoms with van der Waals surface area (Å²) in [6.45, 7) is 3.53. The molecule has 0 amide bonds. The summed E-state index contributed by atoms with van der Waals surface area (Å²) in [7, 11) is 0. The van der Waals surface area contributed by atoms with Crippen molar-refractivity contribution in [1.29, 1.82) is 0 Å². The molecule has 0 aliphatic carbocycles. The van der Waals surface area contributed by atoms with Crippen molar-refractivity contribution >= 4 is 0 Å². The van der Waals surface area contributed by atoms with Crippen LogP contribution in [0.4, 0.5) is 0 Å². The van der Waals surface area contributed by atoms with Gasteiger partial charge in [0, 0.05) is 38.1 Å². The normalized spacial score (nSPS) is 14.9. The fourth-order valence-corrected chi connectivity index (χ4v) is 3.14. The minimum Gasteiger partial charge on any atom is -0.296 e. The molecule has 0 saturated carbocycles. The molecule has 4 rings (SSSR count). The lowest BCUT2D eigenvalue weighted by Gasteiger charge is -2.19. The largest absolute Gasteiger partial charge is 0.296 e. The van der Waals surface area contributed by atoms with E-state index < -0.39 is 0 Å². The van der Waals surface area contributed by atoms with E-state index in [-0.39, 0.29) is 5.56 Å². The summed E-state index contributed by atoms with van der Waals surface area (Å²) in [4.78, 5) is 27.6. The van der Waals surface area contributed by atoms with E-state index in [0.29, 0.717) is 25.3 Å². The average Bonchev–Trinajstić information content (AvgIpc) is 3.02. The lowest BCUT2D eigenvalue weighted by Crippen LogP contribution is -2.28. The molecule has 0 aromatic carbocycles. The van der Waals surface area contributed by atoms with E-state index in [1.165, 1.54) is 6.33 Å². The third-order valence-electron chi connectivity index (χ3n) is 4.28. The van der Waals surface area contributed by atoms with Gasteiger partial charge in [0.05, 0.1) is 18.8 Å². The first-order chi connectivity index (χ1) is 12.3. The Bertz CT molecular complexity index is 889. The summed E-state index contributed by atoms with van der Waals surface area (Å²) < 4.78 is 3.46. The summed E-state index contributed by atoms with van der Waals surface area (Å²) in [6, 6.07) is 5.61. The van der Waals surface area contributed by atoms with Crippen LogP contribution >= 0.6 is 0 Å². The molecule has 0 radical (unpaired) electrons. The standard InChI is InChI=1S/C17H19N7O/c25-17-7-15(10-23-13-19-12-20-23)21-16-11-22(5-2-6-24(16)17)9-14-3-1-4-18-8-14/h1,3-4,7-8,12-13H,2,5-6,9-11H2. The average molecular weight is 337 g/mol. The smallest absolute Gasteiger partial charge is 0.253 e. The molecule has 0 bridgehead atoms. The number of pyridine rings is 1. The minimum absolute atomic E-state index is 0.00310. The van der Waals surface area contributed by atoms with Crippen LogP contribution in [0.1, 0.15) is 23.5 Å². The van der Waals surface area contributed by atoms with Crippen LogP contribution in [0.3, 0.4) is 0 Å². The van der Waals surface area contributed by atoms with Gasteiger partial charge in [-0.25, -0.2) is 14.6 Å². The summed E-state index contributed by atoms with van der Waals surface area (Å²) in [5.74, 6) is 0.809. The van der Waals surface area contributed by atoms with Crippen LogP contribution in [0, 0.1) is 0 Å². The molecule has 0 spiro atoms. The maximum absolute atomic E-state index is 12.5. The van der Waals surface area contributed by atoms with Gasteiger partial charge in [0.15, 0.2) is 0 Å². The van der Waals surface area contributed by atoms with Gasteiger partial charge < -0.3 is 0 Å². The molecule has 8 nitrogen and oxygen atoms in total. The molecule has 0 atom stereocenters. The van der Waals surface area contributed by atoms with E-state index in [2.05, 4.69) is 26.0 Å². The second-order valence-corrected chi connectivity index (χ2v) is 6.17. The summed E-state index contributed by atoms with van der Waals surface area (Å²) in [6.07, 6.45) is 7.69. The summed E-state index contributed by atoms with van der Waals surface area (Å²) in [5, 5.41) is 4.08. The first kappa shape index (κ1) is 15.6. The SMILES string of the molecule is O=c1cc(Cn2cncn2)nc2n1CCCN(Cc1cccnc1)C2. The second-order valence-electron chi connectivity index (χ2n) is 6.17. The highest BCUT2D eigenvalue weighted by atomic mass is 16.1. The lowest BCUT2D eigenvalue weighted by atomic mass is 10.2. The molecular formula is C17H19N7O. The van der Waals surface area contributed by atoms with E-state index in [1.807, 2.05) is 12.3 Å². The Morgan fingerprint density at radius 2 is 2.12 bits per heavy atom. The van der Waals surface area contributed by atoms with Crippen molar-refractivity contribution in [2.45, 2.75) is 32.6 Å². The van der Waals surface area contributed by atoms with E-state index in [4.69, 9.17) is 4.98 Å². The van der Waals surface area contributed by atoms with E-state index in [1.54, 1.807) is 27.8 Å². The number of hydrogen-bond acceptors (Lipinski definition) is 6. The number of fused-ring (bicyclic) bond motifs is 1. The van der Waals surface area contributed by atoms with Crippen LogP contribution in [-0.4, -0.2) is 40.7 Å². The summed E-state index contributed by atoms with van der Waals surface area (Å²) >= 11 is 0. The molecule has 8 heteroatoms. The Hall–Kier alpha value is -2.87. The van der Waals surface area contributed by atoms with Crippen LogP contribution in [0.15, 0.2) is 48.0 Å². The lowest BCUT2D eigenvalue weighted by molar-refractivity contribution is 0.257. The Morgan fingerprint density at radius 3 is 2.92 bits per heavy atom. The van der Waals surface area contributed by atoms with E-state index in [0.717, 1.165) is 30.9 Å². The molecule has 1 aliphatic heterocycles. The van der Waals surface area contributed by atoms with Gasteiger partial charge in [-0.3, -0.25) is 19.2 Å². The number of nitrogens with zero attached hydrogens (tertiary/aromatic N) is 7. The maximum atomic E-state index is 12.5. The fraction of sp³-hybridized carbons (Fsp3) is 0.353. The van der Waals surface area contributed by atoms with Crippen molar-refractivity contribution < 1.29 is 0 Å². The molecule has 1 aliphatic rings. The van der Waals surface area contributed by atoms with Crippen LogP contribution in [0.5, 0.6) is 0 Å². The van der Waals surface area contributed by atoms with Gasteiger partial charge >= 0.3 is 0 Å². The van der Waals surface area contributed by atoms with Gasteiger partial charge in [-0.1, -0.05) is 6.07 Å². The zero-order chi connectivity index (χ0) is 17.1. The topological polar surface area (TPSA) is 81.7 Å². The molecule has 3 aromatic heterocycles. The van der Waals surface area contributed by atoms with Crippen molar-refractivity contribution in [3.05, 3.63) is 70.7 Å². The highest BCUT2D eigenvalue weighted by Crippen LogP contribution is 2.13. The fourth-order valence-electron chi connectivity index (χ4n) is 3.14. The summed E-state index contributed by atoms with van der Waals surface area (Å²) in [5.41, 5.74) is 1.88. The van der Waals surface area contributed by atoms with Gasteiger partial charge in [0.1, 0.15) is 18.5 Å². The Kier molecular flexibility index (Phi) is 4.34. The van der Waals surface area contributed by atoms with Crippen LogP contribution < -0.4 is 5.56 Å². The number of rotatable bonds is 4. The molecule has 0 saturated heterocycles. The predicted octanol–water partition coefficient (Wildman–Crippen LogP) is 0.684. The van der Waals surface area contributed by atoms with Gasteiger partial charge in [0.25, 0.3) is 5.56 Å². The third kappa shape index (κ3) is 3.63. The first-order valence-corrected chi connectivity index (χ1v) is 8.31. The van der Waals surface area contributed by atoms with Gasteiger partial charge in [-0.05, 0) is 18.1 Å². The molecule has 4 heterocycles. The quantitative estimate of drug-likeness (QED) is 0.696. The zero-order valence-electron chi connectivity index (χ0n) is 13.8. The molecule has 25 heavy (non-hydrogen) atoms. The minimum atomic E-state index is 0.00310. The van der Waals surface area contributed by atoms with Gasteiger partial charge in [-0.15, -0.1) is 0 Å². The number of hydrogen-bond donors (Lipinski definition) is 0. The van der Waals surface area contributed by atoms with E-state index in [9.17, 15) is 4.79 Å². The van der Waals surface area contributed by atoms with E-state index >= 15 is 0 Å². The van der Waals surface area contributed by atoms with Gasteiger partial charge in [-0.2, -0.15) is 5.10 Å². The molecule has 0 N–H and O–H groups in total. The molecular weight excluding hydrogens is 318 g/mol. The van der Waals surface area contributed by atoms with Crippen LogP contribution in [0.2, 0.25) is 0 Å². The van der Waals surface area contributed by atoms with Crippen molar-refractivity contribution in [3.8, 4) is 0 Å². The van der Waals surface area contributed by atoms with Crippen molar-refractivity contribution in [1.82, 2.24) is 34.2 Å². The Morgan fingerprint density at radius 1 is 1.16 bits per heavy atom. The molecule has 128 valence electrons. The monoisotopic (exact) mass is 337 g/mol. The molecule has 3 aromatic rings. The van der Waals surface area contributed by atoms with Crippen molar-refractivity contribution in [2.75, 3.05) is 6.54 Å². The molecule has 0 fully saturated rings. The van der Waals surface area contributed by atoms with Crippen LogP contribution in [-0.2, 0) is 26.2 Å². The first-order valence-electron chi connectivity index (χ1n) is 8.31. The zero-order valence-corrected chi connectivity index (χ0v) is 13.8. The maximum Gasteiger partial charge on any atom is 0.253 e. The Balaban J connectivity index is 1.58. The van der Waals surface area contributed by atoms with Crippen molar-refractivity contribution in [3.63, 3.8) is 0 Å². The predicted molar refractivity (Wildman–Crippen MR) is 90.6 cm³/mol. The van der Waals surface area contributed by atoms with Crippen LogP contribution in [0.25, 0.3) is 0 Å². The van der Waals surface area contributed by atoms with Crippen molar-refractivity contribution in [2.24, 2.45) is 0 Å². The highest BCUT2D eigenvalue weighted by Gasteiger charge is 2.17. The highest BCUT2D eigenvalue weighted by molar-refractivity contribution is 5.10. The van der Waals surface area contributed by atoms with Gasteiger partial charge in [0.2, 0.25) is 0 Å². The molecule has 0 unspecified atom stereocenters.